The van der Waals surface area contributed by atoms with Crippen LogP contribution in [-0.4, -0.2) is 20.2 Å². The number of hydrogen-bond acceptors (Lipinski definition) is 5. The molecule has 0 amide bonds. The first-order valence-electron chi connectivity index (χ1n) is 9.22. The third kappa shape index (κ3) is 2.79. The Kier molecular flexibility index (Phi) is 4.01. The molecule has 0 bridgehead atoms. The molecule has 1 unspecified atom stereocenters. The van der Waals surface area contributed by atoms with Crippen molar-refractivity contribution in [1.82, 2.24) is 20.2 Å². The summed E-state index contributed by atoms with van der Waals surface area (Å²) in [6, 6.07) is 22.3. The van der Waals surface area contributed by atoms with E-state index >= 15 is 0 Å². The molecule has 2 aromatic carbocycles. The number of hydrogen-bond donors (Lipinski definition) is 0. The lowest BCUT2D eigenvalue weighted by molar-refractivity contribution is 0.436. The highest BCUT2D eigenvalue weighted by Gasteiger charge is 2.31. The monoisotopic (exact) mass is 369 g/mol. The van der Waals surface area contributed by atoms with Crippen LogP contribution in [0.4, 0.5) is 5.95 Å². The lowest BCUT2D eigenvalue weighted by Crippen LogP contribution is -2.30. The summed E-state index contributed by atoms with van der Waals surface area (Å²) in [6.07, 6.45) is 3.87. The molecule has 1 aliphatic heterocycles. The number of nitrogens with zero attached hydrogens (tertiary/aromatic N) is 5. The third-order valence-electron chi connectivity index (χ3n) is 5.04. The van der Waals surface area contributed by atoms with E-state index in [4.69, 9.17) is 4.42 Å². The molecule has 0 aliphatic carbocycles. The quantitative estimate of drug-likeness (QED) is 0.532. The van der Waals surface area contributed by atoms with Gasteiger partial charge in [-0.05, 0) is 40.6 Å². The van der Waals surface area contributed by atoms with E-state index in [0.717, 1.165) is 22.6 Å². The van der Waals surface area contributed by atoms with Crippen molar-refractivity contribution in [2.24, 2.45) is 0 Å². The fraction of sp³-hybridized carbons (Fsp3) is 0.136. The SMILES string of the molecule is CC1=CC(c2occc2-c2ccccc2)n2nnnc2N1Cc1ccccc1. The zero-order valence-corrected chi connectivity index (χ0v) is 15.4. The van der Waals surface area contributed by atoms with E-state index in [2.05, 4.69) is 57.7 Å². The normalized spacial score (nSPS) is 16.0. The summed E-state index contributed by atoms with van der Waals surface area (Å²) >= 11 is 0. The molecular formula is C22H19N5O. The standard InChI is InChI=1S/C22H19N5O/c1-16-14-20(21-19(12-13-28-21)18-10-6-3-7-11-18)27-22(23-24-25-27)26(16)15-17-8-4-2-5-9-17/h2-14,20H,15H2,1H3. The molecule has 6 nitrogen and oxygen atoms in total. The first kappa shape index (κ1) is 16.5. The average molecular weight is 369 g/mol. The highest BCUT2D eigenvalue weighted by Crippen LogP contribution is 2.37. The summed E-state index contributed by atoms with van der Waals surface area (Å²) in [5.41, 5.74) is 4.45. The third-order valence-corrected chi connectivity index (χ3v) is 5.04. The fourth-order valence-corrected chi connectivity index (χ4v) is 3.65. The van der Waals surface area contributed by atoms with Gasteiger partial charge in [0, 0.05) is 11.3 Å². The van der Waals surface area contributed by atoms with Gasteiger partial charge in [0.1, 0.15) is 11.8 Å². The zero-order chi connectivity index (χ0) is 18.9. The molecule has 0 saturated heterocycles. The number of benzene rings is 2. The van der Waals surface area contributed by atoms with Crippen molar-refractivity contribution in [3.05, 3.63) is 96.1 Å². The minimum atomic E-state index is -0.192. The summed E-state index contributed by atoms with van der Waals surface area (Å²) in [6.45, 7) is 2.79. The molecule has 138 valence electrons. The number of anilines is 1. The molecule has 28 heavy (non-hydrogen) atoms. The summed E-state index contributed by atoms with van der Waals surface area (Å²) < 4.78 is 7.73. The predicted molar refractivity (Wildman–Crippen MR) is 106 cm³/mol. The van der Waals surface area contributed by atoms with Crippen LogP contribution in [0.5, 0.6) is 0 Å². The van der Waals surface area contributed by atoms with Crippen LogP contribution in [0.1, 0.15) is 24.3 Å². The van der Waals surface area contributed by atoms with Gasteiger partial charge in [0.2, 0.25) is 0 Å². The lowest BCUT2D eigenvalue weighted by atomic mass is 10.0. The van der Waals surface area contributed by atoms with Crippen molar-refractivity contribution >= 4 is 5.95 Å². The molecule has 6 heteroatoms. The number of furan rings is 1. The van der Waals surface area contributed by atoms with E-state index in [-0.39, 0.29) is 6.04 Å². The Morgan fingerprint density at radius 1 is 0.964 bits per heavy atom. The Morgan fingerprint density at radius 2 is 1.71 bits per heavy atom. The topological polar surface area (TPSA) is 60.0 Å². The Bertz CT molecular complexity index is 1110. The van der Waals surface area contributed by atoms with E-state index in [1.165, 1.54) is 5.56 Å². The van der Waals surface area contributed by atoms with Gasteiger partial charge < -0.3 is 9.32 Å². The Labute approximate surface area is 162 Å². The minimum absolute atomic E-state index is 0.192. The first-order chi connectivity index (χ1) is 13.8. The molecule has 3 heterocycles. The Balaban J connectivity index is 1.55. The molecule has 0 radical (unpaired) electrons. The smallest absolute Gasteiger partial charge is 0.251 e. The van der Waals surface area contributed by atoms with E-state index in [1.807, 2.05) is 47.1 Å². The first-order valence-corrected chi connectivity index (χ1v) is 9.22. The minimum Gasteiger partial charge on any atom is -0.466 e. The molecule has 0 fully saturated rings. The van der Waals surface area contributed by atoms with Crippen LogP contribution in [0.15, 0.2) is 89.2 Å². The van der Waals surface area contributed by atoms with Crippen LogP contribution in [0.25, 0.3) is 11.1 Å². The zero-order valence-electron chi connectivity index (χ0n) is 15.4. The fourth-order valence-electron chi connectivity index (χ4n) is 3.65. The van der Waals surface area contributed by atoms with E-state index in [9.17, 15) is 0 Å². The van der Waals surface area contributed by atoms with Gasteiger partial charge in [0.15, 0.2) is 0 Å². The van der Waals surface area contributed by atoms with Gasteiger partial charge in [-0.2, -0.15) is 4.68 Å². The second kappa shape index (κ2) is 6.81. The van der Waals surface area contributed by atoms with Crippen molar-refractivity contribution in [3.63, 3.8) is 0 Å². The van der Waals surface area contributed by atoms with Gasteiger partial charge in [0.05, 0.1) is 12.8 Å². The van der Waals surface area contributed by atoms with Gasteiger partial charge in [-0.1, -0.05) is 65.8 Å². The van der Waals surface area contributed by atoms with Crippen LogP contribution < -0.4 is 4.90 Å². The molecule has 5 rings (SSSR count). The maximum atomic E-state index is 5.91. The average Bonchev–Trinajstić information content (AvgIpc) is 3.41. The predicted octanol–water partition coefficient (Wildman–Crippen LogP) is 4.45. The van der Waals surface area contributed by atoms with Crippen LogP contribution in [0.2, 0.25) is 0 Å². The molecule has 0 saturated carbocycles. The summed E-state index contributed by atoms with van der Waals surface area (Å²) in [4.78, 5) is 2.12. The molecule has 2 aromatic heterocycles. The second-order valence-corrected chi connectivity index (χ2v) is 6.81. The number of allylic oxidation sites excluding steroid dienone is 2. The van der Waals surface area contributed by atoms with Crippen LogP contribution >= 0.6 is 0 Å². The van der Waals surface area contributed by atoms with Crippen LogP contribution in [0.3, 0.4) is 0 Å². The van der Waals surface area contributed by atoms with E-state index < -0.39 is 0 Å². The maximum absolute atomic E-state index is 5.91. The molecular weight excluding hydrogens is 350 g/mol. The molecule has 1 aliphatic rings. The van der Waals surface area contributed by atoms with Crippen molar-refractivity contribution in [3.8, 4) is 11.1 Å². The van der Waals surface area contributed by atoms with Crippen molar-refractivity contribution in [2.75, 3.05) is 4.90 Å². The van der Waals surface area contributed by atoms with Gasteiger partial charge in [-0.3, -0.25) is 0 Å². The van der Waals surface area contributed by atoms with Crippen LogP contribution in [-0.2, 0) is 6.54 Å². The highest BCUT2D eigenvalue weighted by atomic mass is 16.3. The van der Waals surface area contributed by atoms with Gasteiger partial charge >= 0.3 is 0 Å². The summed E-state index contributed by atoms with van der Waals surface area (Å²) in [5, 5.41) is 12.5. The Morgan fingerprint density at radius 3 is 2.50 bits per heavy atom. The number of rotatable bonds is 4. The van der Waals surface area contributed by atoms with Crippen LogP contribution in [0, 0.1) is 0 Å². The summed E-state index contributed by atoms with van der Waals surface area (Å²) in [7, 11) is 0. The van der Waals surface area contributed by atoms with E-state index in [1.54, 1.807) is 6.26 Å². The lowest BCUT2D eigenvalue weighted by Gasteiger charge is -2.30. The number of tetrazole rings is 1. The van der Waals surface area contributed by atoms with Gasteiger partial charge in [-0.25, -0.2) is 0 Å². The molecule has 0 spiro atoms. The van der Waals surface area contributed by atoms with Gasteiger partial charge in [0.25, 0.3) is 5.95 Å². The molecule has 0 N–H and O–H groups in total. The van der Waals surface area contributed by atoms with Gasteiger partial charge in [-0.15, -0.1) is 0 Å². The largest absolute Gasteiger partial charge is 0.466 e. The Hall–Kier alpha value is -3.67. The molecule has 1 atom stereocenters. The van der Waals surface area contributed by atoms with Crippen molar-refractivity contribution in [2.45, 2.75) is 19.5 Å². The summed E-state index contributed by atoms with van der Waals surface area (Å²) in [5.74, 6) is 1.54. The number of fused-ring (bicyclic) bond motifs is 1. The highest BCUT2D eigenvalue weighted by molar-refractivity contribution is 5.66. The number of aromatic nitrogens is 4. The second-order valence-electron chi connectivity index (χ2n) is 6.81. The maximum Gasteiger partial charge on any atom is 0.251 e. The molecule has 4 aromatic rings. The van der Waals surface area contributed by atoms with Crippen molar-refractivity contribution < 1.29 is 4.42 Å². The van der Waals surface area contributed by atoms with Crippen molar-refractivity contribution in [1.29, 1.82) is 0 Å². The van der Waals surface area contributed by atoms with E-state index in [0.29, 0.717) is 12.5 Å².